The van der Waals surface area contributed by atoms with Gasteiger partial charge in [-0.3, -0.25) is 4.90 Å². The SMILES string of the molecule is C[C@H]1Cc2cc(-c3ncco3)ccc2[C@H](c2c(F)cc(/C=C/C(=O)O)cc2F)N1CC(C)(C)F. The number of nitrogens with zero attached hydrogens (tertiary/aromatic N) is 2. The number of hydrogen-bond acceptors (Lipinski definition) is 4. The van der Waals surface area contributed by atoms with Crippen molar-refractivity contribution in [3.8, 4) is 11.5 Å². The van der Waals surface area contributed by atoms with E-state index in [4.69, 9.17) is 9.52 Å². The molecular formula is C26H25F3N2O3. The minimum Gasteiger partial charge on any atom is -0.478 e. The number of alkyl halides is 1. The molecule has 178 valence electrons. The summed E-state index contributed by atoms with van der Waals surface area (Å²) in [5.41, 5.74) is 0.567. The smallest absolute Gasteiger partial charge is 0.328 e. The molecule has 1 aliphatic rings. The van der Waals surface area contributed by atoms with Gasteiger partial charge in [0.05, 0.1) is 12.2 Å². The van der Waals surface area contributed by atoms with Crippen molar-refractivity contribution in [2.75, 3.05) is 6.54 Å². The fourth-order valence-corrected chi connectivity index (χ4v) is 4.55. The zero-order chi connectivity index (χ0) is 24.6. The normalized spacial score (nSPS) is 18.9. The van der Waals surface area contributed by atoms with E-state index in [0.29, 0.717) is 17.9 Å². The highest BCUT2D eigenvalue weighted by Gasteiger charge is 2.39. The molecule has 0 unspecified atom stereocenters. The summed E-state index contributed by atoms with van der Waals surface area (Å²) in [5.74, 6) is -2.44. The van der Waals surface area contributed by atoms with Crippen LogP contribution in [0.3, 0.4) is 0 Å². The number of aromatic nitrogens is 1. The topological polar surface area (TPSA) is 66.6 Å². The van der Waals surface area contributed by atoms with Crippen LogP contribution in [0.4, 0.5) is 13.2 Å². The third-order valence-corrected chi connectivity index (χ3v) is 5.88. The molecule has 0 bridgehead atoms. The Balaban J connectivity index is 1.86. The van der Waals surface area contributed by atoms with Gasteiger partial charge in [-0.1, -0.05) is 6.07 Å². The molecule has 4 rings (SSSR count). The fourth-order valence-electron chi connectivity index (χ4n) is 4.55. The summed E-state index contributed by atoms with van der Waals surface area (Å²) >= 11 is 0. The standard InChI is InChI=1S/C26H25F3N2O3/c1-15-10-18-13-17(25-30-8-9-34-25)5-6-19(18)24(31(15)14-26(2,3)29)23-20(27)11-16(12-21(23)28)4-7-22(32)33/h4-9,11-13,15,24H,10,14H2,1-3H3,(H,32,33)/b7-4+/t15-,24+/m0/s1. The largest absolute Gasteiger partial charge is 0.478 e. The predicted molar refractivity (Wildman–Crippen MR) is 122 cm³/mol. The molecule has 2 aromatic carbocycles. The zero-order valence-electron chi connectivity index (χ0n) is 19.1. The van der Waals surface area contributed by atoms with Crippen molar-refractivity contribution in [3.05, 3.63) is 82.8 Å². The van der Waals surface area contributed by atoms with Crippen molar-refractivity contribution >= 4 is 12.0 Å². The summed E-state index contributed by atoms with van der Waals surface area (Å²) < 4.78 is 50.9. The van der Waals surface area contributed by atoms with Crippen LogP contribution >= 0.6 is 0 Å². The van der Waals surface area contributed by atoms with E-state index in [0.717, 1.165) is 35.4 Å². The zero-order valence-corrected chi connectivity index (χ0v) is 19.1. The molecule has 1 N–H and O–H groups in total. The van der Waals surface area contributed by atoms with E-state index in [-0.39, 0.29) is 23.7 Å². The van der Waals surface area contributed by atoms with Crippen molar-refractivity contribution in [2.45, 2.75) is 44.9 Å². The summed E-state index contributed by atoms with van der Waals surface area (Å²) in [6, 6.07) is 6.55. The Kier molecular flexibility index (Phi) is 6.36. The van der Waals surface area contributed by atoms with Crippen molar-refractivity contribution < 1.29 is 27.5 Å². The molecule has 0 saturated heterocycles. The van der Waals surface area contributed by atoms with E-state index in [9.17, 15) is 9.18 Å². The lowest BCUT2D eigenvalue weighted by Crippen LogP contribution is -2.48. The average molecular weight is 470 g/mol. The third-order valence-electron chi connectivity index (χ3n) is 5.88. The number of fused-ring (bicyclic) bond motifs is 1. The lowest BCUT2D eigenvalue weighted by Gasteiger charge is -2.44. The summed E-state index contributed by atoms with van der Waals surface area (Å²) in [4.78, 5) is 16.7. The second-order valence-corrected chi connectivity index (χ2v) is 9.17. The van der Waals surface area contributed by atoms with Crippen molar-refractivity contribution in [2.24, 2.45) is 0 Å². The Labute approximate surface area is 195 Å². The quantitative estimate of drug-likeness (QED) is 0.461. The minimum atomic E-state index is -1.60. The molecule has 0 saturated carbocycles. The first-order valence-corrected chi connectivity index (χ1v) is 10.9. The second-order valence-electron chi connectivity index (χ2n) is 9.17. The first kappa shape index (κ1) is 23.8. The number of aliphatic carboxylic acids is 1. The van der Waals surface area contributed by atoms with Gasteiger partial charge in [-0.05, 0) is 74.2 Å². The van der Waals surface area contributed by atoms with Gasteiger partial charge < -0.3 is 9.52 Å². The Bertz CT molecular complexity index is 1210. The van der Waals surface area contributed by atoms with Crippen LogP contribution < -0.4 is 0 Å². The fraction of sp³-hybridized carbons (Fsp3) is 0.308. The molecule has 3 aromatic rings. The number of carboxylic acid groups (broad SMARTS) is 1. The molecule has 1 aromatic heterocycles. The van der Waals surface area contributed by atoms with Gasteiger partial charge in [-0.15, -0.1) is 0 Å². The van der Waals surface area contributed by atoms with Gasteiger partial charge in [-0.2, -0.15) is 0 Å². The van der Waals surface area contributed by atoms with Gasteiger partial charge in [0, 0.05) is 29.8 Å². The monoisotopic (exact) mass is 470 g/mol. The maximum atomic E-state index is 15.4. The van der Waals surface area contributed by atoms with Crippen LogP contribution in [0.25, 0.3) is 17.5 Å². The number of carboxylic acids is 1. The van der Waals surface area contributed by atoms with Crippen LogP contribution in [-0.4, -0.2) is 39.2 Å². The highest BCUT2D eigenvalue weighted by atomic mass is 19.1. The van der Waals surface area contributed by atoms with E-state index in [2.05, 4.69) is 4.98 Å². The van der Waals surface area contributed by atoms with Crippen LogP contribution in [0.1, 0.15) is 49.1 Å². The molecule has 0 amide bonds. The van der Waals surface area contributed by atoms with Gasteiger partial charge in [0.25, 0.3) is 0 Å². The van der Waals surface area contributed by atoms with Crippen molar-refractivity contribution in [1.29, 1.82) is 0 Å². The van der Waals surface area contributed by atoms with E-state index in [1.54, 1.807) is 17.0 Å². The molecule has 0 radical (unpaired) electrons. The van der Waals surface area contributed by atoms with Crippen LogP contribution in [0.5, 0.6) is 0 Å². The number of oxazole rings is 1. The Morgan fingerprint density at radius 1 is 1.26 bits per heavy atom. The van der Waals surface area contributed by atoms with Gasteiger partial charge >= 0.3 is 5.97 Å². The first-order chi connectivity index (χ1) is 16.0. The predicted octanol–water partition coefficient (Wildman–Crippen LogP) is 5.80. The number of carbonyl (C=O) groups is 1. The second kappa shape index (κ2) is 9.10. The lowest BCUT2D eigenvalue weighted by atomic mass is 9.83. The van der Waals surface area contributed by atoms with Crippen LogP contribution in [0, 0.1) is 11.6 Å². The van der Waals surface area contributed by atoms with Crippen molar-refractivity contribution in [1.82, 2.24) is 9.88 Å². The Morgan fingerprint density at radius 3 is 2.56 bits per heavy atom. The summed E-state index contributed by atoms with van der Waals surface area (Å²) in [6.45, 7) is 4.74. The number of halogens is 3. The summed E-state index contributed by atoms with van der Waals surface area (Å²) in [5, 5.41) is 8.82. The first-order valence-electron chi connectivity index (χ1n) is 10.9. The van der Waals surface area contributed by atoms with Gasteiger partial charge in [0.15, 0.2) is 0 Å². The van der Waals surface area contributed by atoms with E-state index >= 15 is 8.78 Å². The molecule has 5 nitrogen and oxygen atoms in total. The Morgan fingerprint density at radius 2 is 1.97 bits per heavy atom. The van der Waals surface area contributed by atoms with Crippen LogP contribution in [0.2, 0.25) is 0 Å². The third kappa shape index (κ3) is 4.92. The Hall–Kier alpha value is -3.39. The maximum absolute atomic E-state index is 15.4. The number of hydrogen-bond donors (Lipinski definition) is 1. The molecule has 0 aliphatic carbocycles. The molecule has 0 fully saturated rings. The highest BCUT2D eigenvalue weighted by molar-refractivity contribution is 5.85. The van der Waals surface area contributed by atoms with Crippen LogP contribution in [-0.2, 0) is 11.2 Å². The molecule has 8 heteroatoms. The summed E-state index contributed by atoms with van der Waals surface area (Å²) in [7, 11) is 0. The van der Waals surface area contributed by atoms with Crippen molar-refractivity contribution in [3.63, 3.8) is 0 Å². The van der Waals surface area contributed by atoms with E-state index in [1.807, 2.05) is 13.0 Å². The highest BCUT2D eigenvalue weighted by Crippen LogP contribution is 2.42. The molecule has 1 aliphatic heterocycles. The van der Waals surface area contributed by atoms with E-state index in [1.165, 1.54) is 26.3 Å². The lowest BCUT2D eigenvalue weighted by molar-refractivity contribution is -0.131. The maximum Gasteiger partial charge on any atom is 0.328 e. The number of benzene rings is 2. The molecule has 2 heterocycles. The van der Waals surface area contributed by atoms with Gasteiger partial charge in [0.2, 0.25) is 5.89 Å². The number of rotatable bonds is 6. The summed E-state index contributed by atoms with van der Waals surface area (Å²) in [6.07, 6.45) is 5.50. The average Bonchev–Trinajstić information content (AvgIpc) is 3.27. The van der Waals surface area contributed by atoms with Gasteiger partial charge in [-0.25, -0.2) is 22.9 Å². The van der Waals surface area contributed by atoms with Gasteiger partial charge in [0.1, 0.15) is 23.6 Å². The molecule has 0 spiro atoms. The minimum absolute atomic E-state index is 0.0285. The molecular weight excluding hydrogens is 445 g/mol. The van der Waals surface area contributed by atoms with Crippen LogP contribution in [0.15, 0.2) is 53.3 Å². The van der Waals surface area contributed by atoms with E-state index < -0.39 is 29.3 Å². The molecule has 2 atom stereocenters. The molecule has 34 heavy (non-hydrogen) atoms.